The number of fused-ring (bicyclic) bond motifs is 2. The lowest BCUT2D eigenvalue weighted by Gasteiger charge is -2.45. The van der Waals surface area contributed by atoms with Gasteiger partial charge in [-0.2, -0.15) is 4.72 Å². The Balaban J connectivity index is 1.61. The van der Waals surface area contributed by atoms with Gasteiger partial charge in [-0.3, -0.25) is 4.79 Å². The summed E-state index contributed by atoms with van der Waals surface area (Å²) in [5.74, 6) is 0.622. The third-order valence-corrected chi connectivity index (χ3v) is 8.81. The number of carbonyl (C=O) groups is 1. The van der Waals surface area contributed by atoms with Crippen LogP contribution in [0.3, 0.4) is 0 Å². The van der Waals surface area contributed by atoms with E-state index in [-0.39, 0.29) is 10.8 Å². The molecule has 0 heterocycles. The van der Waals surface area contributed by atoms with Gasteiger partial charge in [0.2, 0.25) is 15.9 Å². The molecule has 2 saturated carbocycles. The van der Waals surface area contributed by atoms with Crippen LogP contribution < -0.4 is 10.5 Å². The fourth-order valence-electron chi connectivity index (χ4n) is 5.41. The molecule has 0 bridgehead atoms. The molecule has 0 spiro atoms. The van der Waals surface area contributed by atoms with Crippen LogP contribution in [-0.2, 0) is 14.8 Å². The molecule has 4 atom stereocenters. The Kier molecular flexibility index (Phi) is 5.42. The smallest absolute Gasteiger partial charge is 0.241 e. The molecule has 156 valence electrons. The summed E-state index contributed by atoms with van der Waals surface area (Å²) in [5.41, 5.74) is 4.49. The topological polar surface area (TPSA) is 89.3 Å². The summed E-state index contributed by atoms with van der Waals surface area (Å²) in [6.45, 7) is 1.67. The summed E-state index contributed by atoms with van der Waals surface area (Å²) in [7, 11) is -3.88. The summed E-state index contributed by atoms with van der Waals surface area (Å²) >= 11 is 0. The van der Waals surface area contributed by atoms with Crippen LogP contribution in [0.4, 0.5) is 0 Å². The minimum atomic E-state index is -3.88. The van der Waals surface area contributed by atoms with E-state index in [0.717, 1.165) is 30.0 Å². The SMILES string of the molecule is CC(NS(=O)(=O)c1ccc2ccccc2c1)(C(N)=O)C1CCC2CCCCC2C1. The van der Waals surface area contributed by atoms with E-state index in [1.54, 1.807) is 25.1 Å². The van der Waals surface area contributed by atoms with E-state index in [9.17, 15) is 13.2 Å². The monoisotopic (exact) mass is 414 g/mol. The lowest BCUT2D eigenvalue weighted by molar-refractivity contribution is -0.126. The van der Waals surface area contributed by atoms with Crippen molar-refractivity contribution in [3.8, 4) is 0 Å². The Labute approximate surface area is 173 Å². The Hall–Kier alpha value is -1.92. The number of sulfonamides is 1. The first kappa shape index (κ1) is 20.4. The third-order valence-electron chi connectivity index (χ3n) is 7.25. The van der Waals surface area contributed by atoms with Gasteiger partial charge < -0.3 is 5.73 Å². The molecule has 4 unspecified atom stereocenters. The molecule has 0 aromatic heterocycles. The molecule has 2 aliphatic carbocycles. The minimum absolute atomic E-state index is 0.0745. The number of hydrogen-bond acceptors (Lipinski definition) is 3. The van der Waals surface area contributed by atoms with Crippen LogP contribution in [0.25, 0.3) is 10.8 Å². The van der Waals surface area contributed by atoms with Gasteiger partial charge in [0.1, 0.15) is 5.54 Å². The second-order valence-electron chi connectivity index (χ2n) is 9.00. The van der Waals surface area contributed by atoms with Gasteiger partial charge in [-0.15, -0.1) is 0 Å². The van der Waals surface area contributed by atoms with Gasteiger partial charge in [0, 0.05) is 0 Å². The molecular weight excluding hydrogens is 384 g/mol. The van der Waals surface area contributed by atoms with Crippen molar-refractivity contribution in [3.05, 3.63) is 42.5 Å². The quantitative estimate of drug-likeness (QED) is 0.776. The van der Waals surface area contributed by atoms with Crippen molar-refractivity contribution in [3.63, 3.8) is 0 Å². The van der Waals surface area contributed by atoms with Crippen LogP contribution in [0.15, 0.2) is 47.4 Å². The number of carbonyl (C=O) groups excluding carboxylic acids is 1. The van der Waals surface area contributed by atoms with E-state index in [4.69, 9.17) is 5.73 Å². The molecule has 0 saturated heterocycles. The second kappa shape index (κ2) is 7.73. The molecule has 6 heteroatoms. The van der Waals surface area contributed by atoms with Gasteiger partial charge in [-0.1, -0.05) is 56.0 Å². The van der Waals surface area contributed by atoms with Gasteiger partial charge >= 0.3 is 0 Å². The number of nitrogens with two attached hydrogens (primary N) is 1. The van der Waals surface area contributed by atoms with Gasteiger partial charge in [0.25, 0.3) is 0 Å². The fraction of sp³-hybridized carbons (Fsp3) is 0.522. The third kappa shape index (κ3) is 3.92. The number of benzene rings is 2. The summed E-state index contributed by atoms with van der Waals surface area (Å²) in [5, 5.41) is 1.82. The minimum Gasteiger partial charge on any atom is -0.368 e. The summed E-state index contributed by atoms with van der Waals surface area (Å²) in [6.07, 6.45) is 7.69. The molecule has 5 nitrogen and oxygen atoms in total. The lowest BCUT2D eigenvalue weighted by atomic mass is 9.63. The average Bonchev–Trinajstić information content (AvgIpc) is 2.72. The van der Waals surface area contributed by atoms with E-state index >= 15 is 0 Å². The van der Waals surface area contributed by atoms with Crippen molar-refractivity contribution in [2.24, 2.45) is 23.5 Å². The zero-order chi connectivity index (χ0) is 20.6. The molecule has 0 aliphatic heterocycles. The summed E-state index contributed by atoms with van der Waals surface area (Å²) in [4.78, 5) is 12.7. The van der Waals surface area contributed by atoms with E-state index in [1.165, 1.54) is 25.7 Å². The van der Waals surface area contributed by atoms with Gasteiger partial charge in [0.15, 0.2) is 0 Å². The molecule has 2 fully saturated rings. The fourth-order valence-corrected chi connectivity index (χ4v) is 6.88. The van der Waals surface area contributed by atoms with Gasteiger partial charge in [-0.05, 0) is 66.8 Å². The molecule has 1 amide bonds. The lowest BCUT2D eigenvalue weighted by Crippen LogP contribution is -2.61. The van der Waals surface area contributed by atoms with Crippen molar-refractivity contribution >= 4 is 26.7 Å². The maximum Gasteiger partial charge on any atom is 0.241 e. The number of primary amides is 1. The molecule has 2 aromatic rings. The van der Waals surface area contributed by atoms with Crippen LogP contribution in [0.2, 0.25) is 0 Å². The molecule has 2 aromatic carbocycles. The Morgan fingerprint density at radius 1 is 1.00 bits per heavy atom. The number of amides is 1. The molecular formula is C23H30N2O3S. The Morgan fingerprint density at radius 2 is 1.69 bits per heavy atom. The van der Waals surface area contributed by atoms with E-state index in [2.05, 4.69) is 4.72 Å². The van der Waals surface area contributed by atoms with E-state index in [1.807, 2.05) is 24.3 Å². The summed E-state index contributed by atoms with van der Waals surface area (Å²) in [6, 6.07) is 12.6. The van der Waals surface area contributed by atoms with Crippen molar-refractivity contribution in [2.45, 2.75) is 62.3 Å². The van der Waals surface area contributed by atoms with Crippen LogP contribution in [-0.4, -0.2) is 19.9 Å². The van der Waals surface area contributed by atoms with E-state index < -0.39 is 21.5 Å². The normalized spacial score (nSPS) is 27.1. The highest BCUT2D eigenvalue weighted by atomic mass is 32.2. The predicted molar refractivity (Wildman–Crippen MR) is 115 cm³/mol. The zero-order valence-electron chi connectivity index (χ0n) is 16.9. The Bertz CT molecular complexity index is 1020. The van der Waals surface area contributed by atoms with Gasteiger partial charge in [0.05, 0.1) is 4.90 Å². The molecule has 4 rings (SSSR count). The summed E-state index contributed by atoms with van der Waals surface area (Å²) < 4.78 is 29.1. The maximum atomic E-state index is 13.2. The zero-order valence-corrected chi connectivity index (χ0v) is 17.8. The van der Waals surface area contributed by atoms with Crippen LogP contribution >= 0.6 is 0 Å². The van der Waals surface area contributed by atoms with Gasteiger partial charge in [-0.25, -0.2) is 8.42 Å². The molecule has 2 aliphatic rings. The largest absolute Gasteiger partial charge is 0.368 e. The van der Waals surface area contributed by atoms with Crippen molar-refractivity contribution < 1.29 is 13.2 Å². The first-order valence-electron chi connectivity index (χ1n) is 10.6. The van der Waals surface area contributed by atoms with Crippen LogP contribution in [0.5, 0.6) is 0 Å². The number of nitrogens with one attached hydrogen (secondary N) is 1. The number of hydrogen-bond donors (Lipinski definition) is 2. The Morgan fingerprint density at radius 3 is 2.41 bits per heavy atom. The van der Waals surface area contributed by atoms with Crippen LogP contribution in [0, 0.1) is 17.8 Å². The number of rotatable bonds is 5. The predicted octanol–water partition coefficient (Wildman–Crippen LogP) is 3.97. The molecule has 29 heavy (non-hydrogen) atoms. The van der Waals surface area contributed by atoms with E-state index in [0.29, 0.717) is 11.8 Å². The highest BCUT2D eigenvalue weighted by Crippen LogP contribution is 2.46. The molecule has 0 radical (unpaired) electrons. The standard InChI is InChI=1S/C23H30N2O3S/c1-23(22(24)26,20-12-10-16-6-2-4-8-18(16)14-20)25-29(27,28)21-13-11-17-7-3-5-9-19(17)15-21/h3,5,7,9,11,13,15-16,18,20,25H,2,4,6,8,10,12,14H2,1H3,(H2,24,26). The highest BCUT2D eigenvalue weighted by Gasteiger charge is 2.47. The first-order valence-corrected chi connectivity index (χ1v) is 12.1. The van der Waals surface area contributed by atoms with Crippen molar-refractivity contribution in [1.82, 2.24) is 4.72 Å². The highest BCUT2D eigenvalue weighted by molar-refractivity contribution is 7.89. The van der Waals surface area contributed by atoms with Crippen LogP contribution in [0.1, 0.15) is 51.9 Å². The first-order chi connectivity index (χ1) is 13.8. The van der Waals surface area contributed by atoms with Crippen molar-refractivity contribution in [2.75, 3.05) is 0 Å². The maximum absolute atomic E-state index is 13.2. The van der Waals surface area contributed by atoms with Crippen molar-refractivity contribution in [1.29, 1.82) is 0 Å². The second-order valence-corrected chi connectivity index (χ2v) is 10.7. The average molecular weight is 415 g/mol. The molecule has 3 N–H and O–H groups in total.